The molecule has 9 heteroatoms. The van der Waals surface area contributed by atoms with Gasteiger partial charge < -0.3 is 4.74 Å². The van der Waals surface area contributed by atoms with Crippen LogP contribution in [0.4, 0.5) is 0 Å². The highest BCUT2D eigenvalue weighted by atomic mass is 32.1. The van der Waals surface area contributed by atoms with Crippen molar-refractivity contribution in [2.45, 2.75) is 32.9 Å². The van der Waals surface area contributed by atoms with Crippen molar-refractivity contribution >= 4 is 34.1 Å². The molecule has 3 aromatic rings. The number of aromatic nitrogens is 2. The maximum atomic E-state index is 12.9. The Morgan fingerprint density at radius 3 is 2.43 bits per heavy atom. The molecule has 3 heterocycles. The number of ether oxygens (including phenoxy) is 1. The van der Waals surface area contributed by atoms with E-state index in [1.165, 1.54) is 21.8 Å². The zero-order valence-electron chi connectivity index (χ0n) is 16.4. The molecule has 0 radical (unpaired) electrons. The molecule has 0 saturated heterocycles. The number of benzene rings is 1. The lowest BCUT2D eigenvalue weighted by molar-refractivity contribution is -0.150. The van der Waals surface area contributed by atoms with Crippen molar-refractivity contribution in [3.8, 4) is 0 Å². The molecule has 154 valence electrons. The second-order valence-corrected chi connectivity index (χ2v) is 8.29. The van der Waals surface area contributed by atoms with Gasteiger partial charge in [-0.25, -0.2) is 9.78 Å². The summed E-state index contributed by atoms with van der Waals surface area (Å²) in [7, 11) is 0. The third-order valence-corrected chi connectivity index (χ3v) is 5.58. The number of hydrogen-bond acceptors (Lipinski definition) is 7. The van der Waals surface area contributed by atoms with Gasteiger partial charge >= 0.3 is 5.97 Å². The molecule has 1 aliphatic heterocycles. The Labute approximate surface area is 175 Å². The zero-order valence-corrected chi connectivity index (χ0v) is 17.2. The first kappa shape index (κ1) is 20.0. The van der Waals surface area contributed by atoms with Gasteiger partial charge in [-0.05, 0) is 24.5 Å². The number of hydrogen-bond donors (Lipinski definition) is 0. The molecule has 0 spiro atoms. The van der Waals surface area contributed by atoms with Gasteiger partial charge in [-0.2, -0.15) is 0 Å². The van der Waals surface area contributed by atoms with Crippen LogP contribution in [0.3, 0.4) is 0 Å². The first-order valence-corrected chi connectivity index (χ1v) is 10.3. The summed E-state index contributed by atoms with van der Waals surface area (Å²) in [5, 5.41) is 1.74. The van der Waals surface area contributed by atoms with Crippen LogP contribution in [0.15, 0.2) is 46.7 Å². The van der Waals surface area contributed by atoms with Crippen LogP contribution in [-0.2, 0) is 16.1 Å². The van der Waals surface area contributed by atoms with Crippen molar-refractivity contribution in [1.82, 2.24) is 14.3 Å². The van der Waals surface area contributed by atoms with E-state index in [-0.39, 0.29) is 35.6 Å². The quantitative estimate of drug-likeness (QED) is 0.445. The summed E-state index contributed by atoms with van der Waals surface area (Å²) >= 11 is 1.29. The molecule has 0 bridgehead atoms. The summed E-state index contributed by atoms with van der Waals surface area (Å²) in [6, 6.07) is 6.74. The predicted molar refractivity (Wildman–Crippen MR) is 109 cm³/mol. The van der Waals surface area contributed by atoms with E-state index in [2.05, 4.69) is 4.98 Å². The van der Waals surface area contributed by atoms with Crippen LogP contribution < -0.4 is 5.56 Å². The molecular formula is C21H19N3O5S. The summed E-state index contributed by atoms with van der Waals surface area (Å²) < 4.78 is 6.79. The van der Waals surface area contributed by atoms with Crippen molar-refractivity contribution in [2.75, 3.05) is 0 Å². The third kappa shape index (κ3) is 3.52. The largest absolute Gasteiger partial charge is 0.458 e. The Morgan fingerprint density at radius 1 is 1.13 bits per heavy atom. The molecule has 0 saturated carbocycles. The lowest BCUT2D eigenvalue weighted by Crippen LogP contribution is -2.46. The van der Waals surface area contributed by atoms with Gasteiger partial charge in [0, 0.05) is 17.6 Å². The standard InChI is InChI=1S/C21H19N3O5S/c1-12(2)9-16(24-18(26)14-5-3-4-6-15(14)19(24)27)20(28)29-11-13-10-17(25)23-7-8-30-21(23)22-13/h3-8,10,12,16H,9,11H2,1-2H3. The molecule has 2 amide bonds. The van der Waals surface area contributed by atoms with Crippen molar-refractivity contribution in [2.24, 2.45) is 5.92 Å². The third-order valence-electron chi connectivity index (χ3n) is 4.82. The minimum atomic E-state index is -1.05. The number of nitrogens with zero attached hydrogens (tertiary/aromatic N) is 3. The fourth-order valence-electron chi connectivity index (χ4n) is 3.45. The second kappa shape index (κ2) is 7.83. The number of imide groups is 1. The second-order valence-electron chi connectivity index (χ2n) is 7.42. The summed E-state index contributed by atoms with van der Waals surface area (Å²) in [5.41, 5.74) is 0.594. The molecule has 1 aliphatic rings. The first-order chi connectivity index (χ1) is 14.4. The number of carbonyl (C=O) groups excluding carboxylic acids is 3. The molecule has 8 nitrogen and oxygen atoms in total. The van der Waals surface area contributed by atoms with Crippen LogP contribution in [0.2, 0.25) is 0 Å². The molecular weight excluding hydrogens is 406 g/mol. The lowest BCUT2D eigenvalue weighted by atomic mass is 10.0. The van der Waals surface area contributed by atoms with Gasteiger partial charge in [0.2, 0.25) is 0 Å². The Morgan fingerprint density at radius 2 is 1.80 bits per heavy atom. The smallest absolute Gasteiger partial charge is 0.329 e. The Balaban J connectivity index is 1.56. The molecule has 1 aromatic carbocycles. The SMILES string of the molecule is CC(C)CC(C(=O)OCc1cc(=O)n2ccsc2n1)N1C(=O)c2ccccc2C1=O. The van der Waals surface area contributed by atoms with E-state index >= 15 is 0 Å². The molecule has 1 atom stereocenters. The topological polar surface area (TPSA) is 98.1 Å². The van der Waals surface area contributed by atoms with E-state index in [0.717, 1.165) is 4.90 Å². The highest BCUT2D eigenvalue weighted by Crippen LogP contribution is 2.27. The molecule has 2 aromatic heterocycles. The maximum absolute atomic E-state index is 12.9. The molecule has 0 N–H and O–H groups in total. The minimum absolute atomic E-state index is 0.0390. The average Bonchev–Trinajstić information content (AvgIpc) is 3.28. The summed E-state index contributed by atoms with van der Waals surface area (Å²) in [5.74, 6) is -1.67. The number of thiazole rings is 1. The fourth-order valence-corrected chi connectivity index (χ4v) is 4.19. The van der Waals surface area contributed by atoms with Crippen LogP contribution in [0, 0.1) is 5.92 Å². The van der Waals surface area contributed by atoms with E-state index in [4.69, 9.17) is 4.74 Å². The summed E-state index contributed by atoms with van der Waals surface area (Å²) in [6.07, 6.45) is 1.89. The number of carbonyl (C=O) groups is 3. The number of amides is 2. The zero-order chi connectivity index (χ0) is 21.4. The van der Waals surface area contributed by atoms with Crippen LogP contribution >= 0.6 is 11.3 Å². The molecule has 1 unspecified atom stereocenters. The molecule has 0 aliphatic carbocycles. The van der Waals surface area contributed by atoms with Crippen molar-refractivity contribution < 1.29 is 19.1 Å². The molecule has 4 rings (SSSR count). The first-order valence-electron chi connectivity index (χ1n) is 9.46. The highest BCUT2D eigenvalue weighted by molar-refractivity contribution is 7.15. The van der Waals surface area contributed by atoms with E-state index in [1.54, 1.807) is 35.8 Å². The van der Waals surface area contributed by atoms with Gasteiger partial charge in [-0.1, -0.05) is 26.0 Å². The summed E-state index contributed by atoms with van der Waals surface area (Å²) in [4.78, 5) is 56.4. The maximum Gasteiger partial charge on any atom is 0.329 e. The number of rotatable bonds is 6. The van der Waals surface area contributed by atoms with Crippen LogP contribution in [-0.4, -0.2) is 38.1 Å². The predicted octanol–water partition coefficient (Wildman–Crippen LogP) is 2.51. The average molecular weight is 425 g/mol. The van der Waals surface area contributed by atoms with Crippen LogP contribution in [0.5, 0.6) is 0 Å². The minimum Gasteiger partial charge on any atom is -0.458 e. The fraction of sp³-hybridized carbons (Fsp3) is 0.286. The number of esters is 1. The Bertz CT molecular complexity index is 1180. The van der Waals surface area contributed by atoms with Crippen LogP contribution in [0.25, 0.3) is 4.96 Å². The van der Waals surface area contributed by atoms with Gasteiger partial charge in [-0.15, -0.1) is 11.3 Å². The van der Waals surface area contributed by atoms with E-state index in [1.807, 2.05) is 13.8 Å². The van der Waals surface area contributed by atoms with Crippen molar-refractivity contribution in [1.29, 1.82) is 0 Å². The normalized spacial score (nSPS) is 14.4. The van der Waals surface area contributed by atoms with E-state index in [0.29, 0.717) is 10.7 Å². The lowest BCUT2D eigenvalue weighted by Gasteiger charge is -2.25. The Kier molecular flexibility index (Phi) is 5.21. The van der Waals surface area contributed by atoms with Gasteiger partial charge in [0.25, 0.3) is 17.4 Å². The van der Waals surface area contributed by atoms with Crippen molar-refractivity contribution in [3.05, 3.63) is 69.1 Å². The monoisotopic (exact) mass is 425 g/mol. The van der Waals surface area contributed by atoms with E-state index in [9.17, 15) is 19.2 Å². The number of fused-ring (bicyclic) bond motifs is 2. The molecule has 0 fully saturated rings. The van der Waals surface area contributed by atoms with Crippen molar-refractivity contribution in [3.63, 3.8) is 0 Å². The van der Waals surface area contributed by atoms with Crippen LogP contribution in [0.1, 0.15) is 46.7 Å². The van der Waals surface area contributed by atoms with Gasteiger partial charge in [0.1, 0.15) is 12.6 Å². The van der Waals surface area contributed by atoms with Gasteiger partial charge in [0.15, 0.2) is 4.96 Å². The Hall–Kier alpha value is -3.33. The molecule has 30 heavy (non-hydrogen) atoms. The highest BCUT2D eigenvalue weighted by Gasteiger charge is 2.43. The van der Waals surface area contributed by atoms with Gasteiger partial charge in [0.05, 0.1) is 16.8 Å². The van der Waals surface area contributed by atoms with Gasteiger partial charge in [-0.3, -0.25) is 23.7 Å². The summed E-state index contributed by atoms with van der Waals surface area (Å²) in [6.45, 7) is 3.57. The van der Waals surface area contributed by atoms with E-state index < -0.39 is 23.8 Å².